The van der Waals surface area contributed by atoms with Crippen molar-refractivity contribution in [2.45, 2.75) is 26.2 Å². The molecule has 0 heterocycles. The molecule has 0 N–H and O–H groups in total. The highest BCUT2D eigenvalue weighted by atomic mass is 35.5. The highest BCUT2D eigenvalue weighted by Gasteiger charge is 2.00. The van der Waals surface area contributed by atoms with Crippen molar-refractivity contribution in [3.8, 4) is 0 Å². The van der Waals surface area contributed by atoms with Crippen molar-refractivity contribution in [3.63, 3.8) is 0 Å². The molecule has 0 fully saturated rings. The predicted octanol–water partition coefficient (Wildman–Crippen LogP) is 4.07. The van der Waals surface area contributed by atoms with Crippen LogP contribution in [-0.4, -0.2) is 5.88 Å². The van der Waals surface area contributed by atoms with Crippen LogP contribution < -0.4 is 0 Å². The van der Waals surface area contributed by atoms with Gasteiger partial charge in [-0.3, -0.25) is 0 Å². The third-order valence-corrected chi connectivity index (χ3v) is 2.73. The van der Waals surface area contributed by atoms with Gasteiger partial charge in [0.05, 0.1) is 0 Å². The van der Waals surface area contributed by atoms with Gasteiger partial charge in [0.15, 0.2) is 0 Å². The van der Waals surface area contributed by atoms with E-state index in [4.69, 9.17) is 23.2 Å². The topological polar surface area (TPSA) is 0 Å². The van der Waals surface area contributed by atoms with Gasteiger partial charge in [0.2, 0.25) is 0 Å². The summed E-state index contributed by atoms with van der Waals surface area (Å²) in [5.74, 6) is 0.701. The number of hydrogen-bond donors (Lipinski definition) is 0. The van der Waals surface area contributed by atoms with Gasteiger partial charge in [0.1, 0.15) is 0 Å². The first-order valence-electron chi connectivity index (χ1n) is 4.61. The molecule has 0 aliphatic carbocycles. The summed E-state index contributed by atoms with van der Waals surface area (Å²) in [6.07, 6.45) is 3.04. The Morgan fingerprint density at radius 1 is 1.31 bits per heavy atom. The second-order valence-electron chi connectivity index (χ2n) is 3.07. The molecule has 1 aromatic rings. The molecule has 2 heteroatoms. The zero-order valence-corrected chi connectivity index (χ0v) is 9.33. The smallest absolute Gasteiger partial charge is 0.0438 e. The van der Waals surface area contributed by atoms with E-state index in [1.807, 2.05) is 6.07 Å². The Labute approximate surface area is 89.9 Å². The number of aryl methyl sites for hydroxylation is 2. The molecule has 0 nitrogen and oxygen atoms in total. The lowest BCUT2D eigenvalue weighted by Gasteiger charge is -2.05. The van der Waals surface area contributed by atoms with Gasteiger partial charge >= 0.3 is 0 Å². The van der Waals surface area contributed by atoms with Crippen LogP contribution in [-0.2, 0) is 12.8 Å². The lowest BCUT2D eigenvalue weighted by Crippen LogP contribution is -1.90. The molecule has 0 spiro atoms. The molecule has 0 aliphatic heterocycles. The highest BCUT2D eigenvalue weighted by Crippen LogP contribution is 2.19. The monoisotopic (exact) mass is 216 g/mol. The SMILES string of the molecule is CCc1ccc(Cl)c(CCCCl)c1. The summed E-state index contributed by atoms with van der Waals surface area (Å²) in [6.45, 7) is 2.15. The first kappa shape index (κ1) is 10.9. The van der Waals surface area contributed by atoms with Crippen LogP contribution in [0.3, 0.4) is 0 Å². The minimum Gasteiger partial charge on any atom is -0.127 e. The van der Waals surface area contributed by atoms with Gasteiger partial charge in [-0.25, -0.2) is 0 Å². The molecule has 0 radical (unpaired) electrons. The molecule has 0 saturated heterocycles. The van der Waals surface area contributed by atoms with Gasteiger partial charge in [-0.05, 0) is 36.5 Å². The van der Waals surface area contributed by atoms with Crippen LogP contribution in [0.25, 0.3) is 0 Å². The number of benzene rings is 1. The molecule has 0 aromatic heterocycles. The first-order chi connectivity index (χ1) is 6.27. The van der Waals surface area contributed by atoms with Crippen molar-refractivity contribution in [2.24, 2.45) is 0 Å². The van der Waals surface area contributed by atoms with Crippen molar-refractivity contribution in [3.05, 3.63) is 34.3 Å². The zero-order valence-electron chi connectivity index (χ0n) is 7.82. The molecular weight excluding hydrogens is 203 g/mol. The Kier molecular flexibility index (Phi) is 4.61. The van der Waals surface area contributed by atoms with E-state index in [2.05, 4.69) is 19.1 Å². The van der Waals surface area contributed by atoms with Crippen LogP contribution in [0.5, 0.6) is 0 Å². The van der Waals surface area contributed by atoms with Crippen LogP contribution in [0, 0.1) is 0 Å². The maximum absolute atomic E-state index is 6.05. The number of rotatable bonds is 4. The van der Waals surface area contributed by atoms with Gasteiger partial charge in [0, 0.05) is 10.9 Å². The molecule has 13 heavy (non-hydrogen) atoms. The fraction of sp³-hybridized carbons (Fsp3) is 0.455. The molecule has 0 atom stereocenters. The van der Waals surface area contributed by atoms with Crippen molar-refractivity contribution >= 4 is 23.2 Å². The summed E-state index contributed by atoms with van der Waals surface area (Å²) in [4.78, 5) is 0. The second-order valence-corrected chi connectivity index (χ2v) is 3.86. The predicted molar refractivity (Wildman–Crippen MR) is 59.9 cm³/mol. The van der Waals surface area contributed by atoms with E-state index < -0.39 is 0 Å². The Balaban J connectivity index is 2.78. The lowest BCUT2D eigenvalue weighted by molar-refractivity contribution is 0.924. The molecule has 0 amide bonds. The van der Waals surface area contributed by atoms with E-state index in [9.17, 15) is 0 Å². The molecule has 1 aromatic carbocycles. The van der Waals surface area contributed by atoms with Gasteiger partial charge in [0.25, 0.3) is 0 Å². The van der Waals surface area contributed by atoms with Crippen molar-refractivity contribution < 1.29 is 0 Å². The Morgan fingerprint density at radius 2 is 2.08 bits per heavy atom. The van der Waals surface area contributed by atoms with E-state index in [1.165, 1.54) is 11.1 Å². The molecule has 72 valence electrons. The minimum absolute atomic E-state index is 0.701. The quantitative estimate of drug-likeness (QED) is 0.666. The maximum atomic E-state index is 6.05. The molecule has 0 aliphatic rings. The Bertz CT molecular complexity index is 269. The normalized spacial score (nSPS) is 10.4. The van der Waals surface area contributed by atoms with Crippen LogP contribution in [0.1, 0.15) is 24.5 Å². The Hall–Kier alpha value is -0.200. The third kappa shape index (κ3) is 3.21. The molecule has 0 saturated carbocycles. The van der Waals surface area contributed by atoms with Gasteiger partial charge in [-0.15, -0.1) is 11.6 Å². The molecule has 0 bridgehead atoms. The average Bonchev–Trinajstić information content (AvgIpc) is 2.17. The molecule has 1 rings (SSSR count). The first-order valence-corrected chi connectivity index (χ1v) is 5.52. The summed E-state index contributed by atoms with van der Waals surface area (Å²) in [5, 5.41) is 0.863. The van der Waals surface area contributed by atoms with Crippen LogP contribution in [0.2, 0.25) is 5.02 Å². The number of hydrogen-bond acceptors (Lipinski definition) is 0. The standard InChI is InChI=1S/C11H14Cl2/c1-2-9-5-6-11(13)10(8-9)4-3-7-12/h5-6,8H,2-4,7H2,1H3. The summed E-state index contributed by atoms with van der Waals surface area (Å²) < 4.78 is 0. The molecular formula is C11H14Cl2. The lowest BCUT2D eigenvalue weighted by atomic mass is 10.1. The summed E-state index contributed by atoms with van der Waals surface area (Å²) in [7, 11) is 0. The maximum Gasteiger partial charge on any atom is 0.0438 e. The summed E-state index contributed by atoms with van der Waals surface area (Å²) in [6, 6.07) is 6.23. The summed E-state index contributed by atoms with van der Waals surface area (Å²) in [5.41, 5.74) is 2.57. The summed E-state index contributed by atoms with van der Waals surface area (Å²) >= 11 is 11.7. The van der Waals surface area contributed by atoms with Gasteiger partial charge in [-0.2, -0.15) is 0 Å². The van der Waals surface area contributed by atoms with Crippen LogP contribution >= 0.6 is 23.2 Å². The minimum atomic E-state index is 0.701. The van der Waals surface area contributed by atoms with Crippen LogP contribution in [0.4, 0.5) is 0 Å². The van der Waals surface area contributed by atoms with E-state index >= 15 is 0 Å². The third-order valence-electron chi connectivity index (χ3n) is 2.10. The van der Waals surface area contributed by atoms with Crippen LogP contribution in [0.15, 0.2) is 18.2 Å². The fourth-order valence-corrected chi connectivity index (χ4v) is 1.64. The van der Waals surface area contributed by atoms with Gasteiger partial charge < -0.3 is 0 Å². The van der Waals surface area contributed by atoms with Crippen molar-refractivity contribution in [1.82, 2.24) is 0 Å². The van der Waals surface area contributed by atoms with E-state index in [1.54, 1.807) is 0 Å². The fourth-order valence-electron chi connectivity index (χ4n) is 1.30. The number of halogens is 2. The Morgan fingerprint density at radius 3 is 2.69 bits per heavy atom. The van der Waals surface area contributed by atoms with E-state index in [0.717, 1.165) is 24.3 Å². The van der Waals surface area contributed by atoms with Crippen molar-refractivity contribution in [1.29, 1.82) is 0 Å². The van der Waals surface area contributed by atoms with Crippen molar-refractivity contribution in [2.75, 3.05) is 5.88 Å². The second kappa shape index (κ2) is 5.51. The number of alkyl halides is 1. The average molecular weight is 217 g/mol. The van der Waals surface area contributed by atoms with Gasteiger partial charge in [-0.1, -0.05) is 30.7 Å². The molecule has 0 unspecified atom stereocenters. The zero-order chi connectivity index (χ0) is 9.68. The van der Waals surface area contributed by atoms with E-state index in [0.29, 0.717) is 5.88 Å². The largest absolute Gasteiger partial charge is 0.127 e. The highest BCUT2D eigenvalue weighted by molar-refractivity contribution is 6.31. The van der Waals surface area contributed by atoms with E-state index in [-0.39, 0.29) is 0 Å².